The molecule has 1 amide bonds. The molecule has 2 aliphatic heterocycles. The fourth-order valence-corrected chi connectivity index (χ4v) is 4.81. The average Bonchev–Trinajstić information content (AvgIpc) is 3.25. The van der Waals surface area contributed by atoms with Crippen LogP contribution in [0.3, 0.4) is 0 Å². The lowest BCUT2D eigenvalue weighted by atomic mass is 9.88. The zero-order chi connectivity index (χ0) is 20.8. The van der Waals surface area contributed by atoms with Crippen LogP contribution in [-0.2, 0) is 4.79 Å². The van der Waals surface area contributed by atoms with Crippen LogP contribution in [0.5, 0.6) is 11.5 Å². The van der Waals surface area contributed by atoms with Gasteiger partial charge in [-0.05, 0) is 56.2 Å². The maximum absolute atomic E-state index is 13.1. The number of amides is 1. The number of carbonyl (C=O) groups excluding carboxylic acids is 2. The first-order chi connectivity index (χ1) is 13.8. The highest BCUT2D eigenvalue weighted by atomic mass is 16.6. The van der Waals surface area contributed by atoms with Crippen LogP contribution in [0.2, 0.25) is 0 Å². The van der Waals surface area contributed by atoms with Crippen LogP contribution in [0.1, 0.15) is 50.9 Å². The predicted octanol–water partition coefficient (Wildman–Crippen LogP) is 4.12. The van der Waals surface area contributed by atoms with E-state index in [-0.39, 0.29) is 28.9 Å². The summed E-state index contributed by atoms with van der Waals surface area (Å²) < 4.78 is 11.1. The van der Waals surface area contributed by atoms with Gasteiger partial charge in [-0.3, -0.25) is 9.59 Å². The monoisotopic (exact) mass is 397 g/mol. The van der Waals surface area contributed by atoms with Crippen molar-refractivity contribution in [2.24, 2.45) is 23.2 Å². The standard InChI is InChI=1S/C24H31NO4/c1-15(2)13-18-21(24(18,3)4)23(27)25-9-7-16(8-10-25)22(26)17-5-6-19-20(14-17)29-12-11-28-19/h5-6,13-14,16,18,21H,7-12H2,1-4H3/t18-,21-/m0/s1. The van der Waals surface area contributed by atoms with E-state index in [1.165, 1.54) is 5.57 Å². The van der Waals surface area contributed by atoms with Crippen molar-refractivity contribution in [3.63, 3.8) is 0 Å². The van der Waals surface area contributed by atoms with Gasteiger partial charge in [-0.25, -0.2) is 0 Å². The molecule has 4 rings (SSSR count). The van der Waals surface area contributed by atoms with Crippen LogP contribution in [-0.4, -0.2) is 42.9 Å². The summed E-state index contributed by atoms with van der Waals surface area (Å²) in [7, 11) is 0. The molecule has 0 aromatic heterocycles. The second-order valence-electron chi connectivity index (χ2n) is 9.39. The highest BCUT2D eigenvalue weighted by Crippen LogP contribution is 2.60. The van der Waals surface area contributed by atoms with Crippen LogP contribution in [0.25, 0.3) is 0 Å². The second-order valence-corrected chi connectivity index (χ2v) is 9.39. The van der Waals surface area contributed by atoms with E-state index in [0.717, 1.165) is 12.8 Å². The van der Waals surface area contributed by atoms with Crippen molar-refractivity contribution in [1.82, 2.24) is 4.90 Å². The molecule has 0 bridgehead atoms. The molecule has 0 unspecified atom stereocenters. The van der Waals surface area contributed by atoms with Crippen molar-refractivity contribution >= 4 is 11.7 Å². The van der Waals surface area contributed by atoms with Crippen molar-refractivity contribution in [1.29, 1.82) is 0 Å². The highest BCUT2D eigenvalue weighted by Gasteiger charge is 2.61. The maximum Gasteiger partial charge on any atom is 0.226 e. The van der Waals surface area contributed by atoms with E-state index in [1.54, 1.807) is 6.07 Å². The van der Waals surface area contributed by atoms with Gasteiger partial charge in [0.15, 0.2) is 17.3 Å². The maximum atomic E-state index is 13.1. The fraction of sp³-hybridized carbons (Fsp3) is 0.583. The lowest BCUT2D eigenvalue weighted by molar-refractivity contribution is -0.134. The fourth-order valence-electron chi connectivity index (χ4n) is 4.81. The molecule has 2 atom stereocenters. The summed E-state index contributed by atoms with van der Waals surface area (Å²) in [6.07, 6.45) is 3.68. The molecule has 1 saturated carbocycles. The number of fused-ring (bicyclic) bond motifs is 1. The first-order valence-corrected chi connectivity index (χ1v) is 10.7. The smallest absolute Gasteiger partial charge is 0.226 e. The summed E-state index contributed by atoms with van der Waals surface area (Å²) >= 11 is 0. The number of piperidine rings is 1. The van der Waals surface area contributed by atoms with E-state index in [0.29, 0.717) is 49.3 Å². The summed E-state index contributed by atoms with van der Waals surface area (Å²) in [6, 6.07) is 5.44. The third-order valence-electron chi connectivity index (χ3n) is 6.69. The number of ether oxygens (including phenoxy) is 2. The molecule has 156 valence electrons. The molecule has 2 heterocycles. The van der Waals surface area contributed by atoms with Crippen molar-refractivity contribution in [2.45, 2.75) is 40.5 Å². The van der Waals surface area contributed by atoms with Crippen molar-refractivity contribution in [2.75, 3.05) is 26.3 Å². The molecule has 3 aliphatic rings. The number of hydrogen-bond donors (Lipinski definition) is 0. The normalized spacial score (nSPS) is 25.3. The second kappa shape index (κ2) is 7.51. The number of rotatable bonds is 4. The van der Waals surface area contributed by atoms with Gasteiger partial charge in [-0.15, -0.1) is 0 Å². The van der Waals surface area contributed by atoms with Crippen LogP contribution in [0.4, 0.5) is 0 Å². The third-order valence-corrected chi connectivity index (χ3v) is 6.69. The quantitative estimate of drug-likeness (QED) is 0.567. The molecule has 1 aromatic carbocycles. The number of likely N-dealkylation sites (tertiary alicyclic amines) is 1. The molecule has 0 N–H and O–H groups in total. The summed E-state index contributed by atoms with van der Waals surface area (Å²) in [4.78, 5) is 28.0. The SMILES string of the molecule is CC(C)=C[C@H]1[C@@H](C(=O)N2CCC(C(=O)c3ccc4c(c3)OCCO4)CC2)C1(C)C. The molecule has 5 nitrogen and oxygen atoms in total. The Morgan fingerprint density at radius 3 is 2.38 bits per heavy atom. The Kier molecular flexibility index (Phi) is 5.18. The Bertz CT molecular complexity index is 844. The Hall–Kier alpha value is -2.30. The minimum Gasteiger partial charge on any atom is -0.486 e. The average molecular weight is 398 g/mol. The Morgan fingerprint density at radius 2 is 1.72 bits per heavy atom. The van der Waals surface area contributed by atoms with Crippen LogP contribution < -0.4 is 9.47 Å². The number of carbonyl (C=O) groups is 2. The van der Waals surface area contributed by atoms with Crippen molar-refractivity contribution in [3.05, 3.63) is 35.4 Å². The molecule has 1 aliphatic carbocycles. The lowest BCUT2D eigenvalue weighted by Crippen LogP contribution is -2.41. The summed E-state index contributed by atoms with van der Waals surface area (Å²) in [6.45, 7) is 10.9. The first-order valence-electron chi connectivity index (χ1n) is 10.7. The molecule has 0 spiro atoms. The lowest BCUT2D eigenvalue weighted by Gasteiger charge is -2.32. The number of nitrogens with zero attached hydrogens (tertiary/aromatic N) is 1. The topological polar surface area (TPSA) is 55.8 Å². The molecule has 1 aromatic rings. The number of hydrogen-bond acceptors (Lipinski definition) is 4. The Balaban J connectivity index is 1.36. The van der Waals surface area contributed by atoms with Gasteiger partial charge in [-0.1, -0.05) is 25.5 Å². The molecule has 2 fully saturated rings. The molecule has 5 heteroatoms. The van der Waals surface area contributed by atoms with E-state index in [1.807, 2.05) is 17.0 Å². The van der Waals surface area contributed by atoms with Crippen molar-refractivity contribution in [3.8, 4) is 11.5 Å². The highest BCUT2D eigenvalue weighted by molar-refractivity contribution is 5.98. The van der Waals surface area contributed by atoms with Crippen molar-refractivity contribution < 1.29 is 19.1 Å². The van der Waals surface area contributed by atoms with E-state index in [2.05, 4.69) is 33.8 Å². The Morgan fingerprint density at radius 1 is 1.07 bits per heavy atom. The van der Waals surface area contributed by atoms with Gasteiger partial charge in [-0.2, -0.15) is 0 Å². The van der Waals surface area contributed by atoms with E-state index >= 15 is 0 Å². The number of ketones is 1. The molecular weight excluding hydrogens is 366 g/mol. The summed E-state index contributed by atoms with van der Waals surface area (Å²) in [5.41, 5.74) is 1.97. The van der Waals surface area contributed by atoms with E-state index in [4.69, 9.17) is 9.47 Å². The van der Waals surface area contributed by atoms with Gasteiger partial charge >= 0.3 is 0 Å². The molecule has 29 heavy (non-hydrogen) atoms. The minimum absolute atomic E-state index is 0.0340. The van der Waals surface area contributed by atoms with Gasteiger partial charge in [0, 0.05) is 24.6 Å². The minimum atomic E-state index is -0.0394. The zero-order valence-corrected chi connectivity index (χ0v) is 17.9. The van der Waals surface area contributed by atoms with Crippen LogP contribution in [0, 0.1) is 23.2 Å². The van der Waals surface area contributed by atoms with E-state index < -0.39 is 0 Å². The summed E-state index contributed by atoms with van der Waals surface area (Å²) in [5.74, 6) is 2.11. The van der Waals surface area contributed by atoms with Gasteiger partial charge in [0.05, 0.1) is 5.92 Å². The van der Waals surface area contributed by atoms with E-state index in [9.17, 15) is 9.59 Å². The largest absolute Gasteiger partial charge is 0.486 e. The summed E-state index contributed by atoms with van der Waals surface area (Å²) in [5, 5.41) is 0. The van der Waals surface area contributed by atoms with Crippen LogP contribution in [0.15, 0.2) is 29.8 Å². The zero-order valence-electron chi connectivity index (χ0n) is 17.9. The molecule has 0 radical (unpaired) electrons. The Labute approximate surface area is 173 Å². The molecule has 1 saturated heterocycles. The van der Waals surface area contributed by atoms with Gasteiger partial charge in [0.1, 0.15) is 13.2 Å². The van der Waals surface area contributed by atoms with Crippen LogP contribution >= 0.6 is 0 Å². The third kappa shape index (κ3) is 3.79. The van der Waals surface area contributed by atoms with Gasteiger partial charge in [0.2, 0.25) is 5.91 Å². The number of Topliss-reactive ketones (excluding diaryl/α,β-unsaturated/α-hetero) is 1. The van der Waals surface area contributed by atoms with Gasteiger partial charge in [0.25, 0.3) is 0 Å². The molecular formula is C24H31NO4. The first kappa shape index (κ1) is 20.0. The number of benzene rings is 1. The van der Waals surface area contributed by atoms with Gasteiger partial charge < -0.3 is 14.4 Å². The predicted molar refractivity (Wildman–Crippen MR) is 111 cm³/mol. The number of allylic oxidation sites excluding steroid dienone is 2.